The van der Waals surface area contributed by atoms with Gasteiger partial charge in [-0.3, -0.25) is 9.69 Å². The molecule has 0 aliphatic rings. The maximum absolute atomic E-state index is 13.4. The number of likely N-dealkylation sites (N-methyl/N-ethyl adjacent to an activating group) is 1. The molecule has 0 bridgehead atoms. The molecule has 3 rings (SSSR count). The van der Waals surface area contributed by atoms with Gasteiger partial charge in [-0.05, 0) is 70.6 Å². The number of carbonyl (C=O) groups is 1. The third-order valence-corrected chi connectivity index (χ3v) is 5.90. The molecule has 0 atom stereocenters. The molecule has 0 unspecified atom stereocenters. The number of fused-ring (bicyclic) bond motifs is 1. The van der Waals surface area contributed by atoms with Crippen LogP contribution < -0.4 is 4.90 Å². The molecule has 0 aliphatic heterocycles. The van der Waals surface area contributed by atoms with Crippen molar-refractivity contribution in [3.63, 3.8) is 0 Å². The van der Waals surface area contributed by atoms with Crippen molar-refractivity contribution < 1.29 is 4.79 Å². The molecule has 1 amide bonds. The summed E-state index contributed by atoms with van der Waals surface area (Å²) in [7, 11) is 4.04. The molecule has 0 radical (unpaired) electrons. The summed E-state index contributed by atoms with van der Waals surface area (Å²) >= 11 is 1.60. The highest BCUT2D eigenvalue weighted by Gasteiger charge is 2.23. The lowest BCUT2D eigenvalue weighted by Gasteiger charge is -2.23. The van der Waals surface area contributed by atoms with Gasteiger partial charge in [0.1, 0.15) is 0 Å². The maximum Gasteiger partial charge on any atom is 0.260 e. The smallest absolute Gasteiger partial charge is 0.260 e. The van der Waals surface area contributed by atoms with E-state index < -0.39 is 0 Å². The van der Waals surface area contributed by atoms with Crippen molar-refractivity contribution in [2.24, 2.45) is 0 Å². The van der Waals surface area contributed by atoms with Crippen LogP contribution in [0.3, 0.4) is 0 Å². The van der Waals surface area contributed by atoms with Gasteiger partial charge in [0.15, 0.2) is 5.13 Å². The summed E-state index contributed by atoms with van der Waals surface area (Å²) in [5.74, 6) is 0.0165. The summed E-state index contributed by atoms with van der Waals surface area (Å²) in [6, 6.07) is 10.2. The Morgan fingerprint density at radius 2 is 1.67 bits per heavy atom. The number of anilines is 1. The Labute approximate surface area is 165 Å². The number of amides is 1. The van der Waals surface area contributed by atoms with E-state index in [1.54, 1.807) is 11.3 Å². The SMILES string of the molecule is Cc1ccc(C(=O)N(CCN(C)C)c2nc3cc(C)cc(C)c3s2)c(C)c1. The van der Waals surface area contributed by atoms with E-state index in [-0.39, 0.29) is 5.91 Å². The predicted molar refractivity (Wildman–Crippen MR) is 115 cm³/mol. The van der Waals surface area contributed by atoms with E-state index >= 15 is 0 Å². The van der Waals surface area contributed by atoms with E-state index in [0.717, 1.165) is 38.6 Å². The van der Waals surface area contributed by atoms with E-state index in [0.29, 0.717) is 6.54 Å². The van der Waals surface area contributed by atoms with Crippen LogP contribution in [-0.2, 0) is 0 Å². The van der Waals surface area contributed by atoms with Crippen LogP contribution in [0.25, 0.3) is 10.2 Å². The summed E-state index contributed by atoms with van der Waals surface area (Å²) in [6.45, 7) is 9.62. The van der Waals surface area contributed by atoms with Crippen molar-refractivity contribution in [1.29, 1.82) is 0 Å². The minimum Gasteiger partial charge on any atom is -0.308 e. The number of carbonyl (C=O) groups excluding carboxylic acids is 1. The van der Waals surface area contributed by atoms with Crippen LogP contribution in [0.1, 0.15) is 32.6 Å². The van der Waals surface area contributed by atoms with Crippen LogP contribution >= 0.6 is 11.3 Å². The lowest BCUT2D eigenvalue weighted by atomic mass is 10.0. The topological polar surface area (TPSA) is 36.4 Å². The number of thiazole rings is 1. The van der Waals surface area contributed by atoms with Gasteiger partial charge in [-0.15, -0.1) is 0 Å². The van der Waals surface area contributed by atoms with Gasteiger partial charge in [0.25, 0.3) is 5.91 Å². The van der Waals surface area contributed by atoms with Crippen molar-refractivity contribution in [3.8, 4) is 0 Å². The second-order valence-electron chi connectivity index (χ2n) is 7.50. The quantitative estimate of drug-likeness (QED) is 0.640. The van der Waals surface area contributed by atoms with Crippen LogP contribution in [0.4, 0.5) is 5.13 Å². The van der Waals surface area contributed by atoms with Gasteiger partial charge >= 0.3 is 0 Å². The molecule has 0 aliphatic carbocycles. The van der Waals surface area contributed by atoms with Gasteiger partial charge in [-0.2, -0.15) is 0 Å². The van der Waals surface area contributed by atoms with Crippen LogP contribution in [-0.4, -0.2) is 43.0 Å². The molecule has 0 saturated heterocycles. The van der Waals surface area contributed by atoms with E-state index in [1.807, 2.05) is 45.0 Å². The summed E-state index contributed by atoms with van der Waals surface area (Å²) < 4.78 is 1.15. The minimum absolute atomic E-state index is 0.0165. The summed E-state index contributed by atoms with van der Waals surface area (Å²) in [6.07, 6.45) is 0. The molecule has 2 aromatic carbocycles. The number of rotatable bonds is 5. The Hall–Kier alpha value is -2.24. The Morgan fingerprint density at radius 1 is 0.963 bits per heavy atom. The average molecular weight is 382 g/mol. The second-order valence-corrected chi connectivity index (χ2v) is 8.48. The fraction of sp³-hybridized carbons (Fsp3) is 0.364. The van der Waals surface area contributed by atoms with E-state index in [2.05, 4.69) is 36.9 Å². The molecule has 0 saturated carbocycles. The second kappa shape index (κ2) is 7.79. The van der Waals surface area contributed by atoms with Gasteiger partial charge in [-0.1, -0.05) is 35.1 Å². The third kappa shape index (κ3) is 4.20. The standard InChI is InChI=1S/C22H27N3OS/c1-14-7-8-18(16(3)11-14)21(26)25(10-9-24(5)6)22-23-19-13-15(2)12-17(4)20(19)27-22/h7-8,11-13H,9-10H2,1-6H3. The third-order valence-electron chi connectivity index (χ3n) is 4.67. The molecule has 27 heavy (non-hydrogen) atoms. The predicted octanol–water partition coefficient (Wildman–Crippen LogP) is 4.74. The monoisotopic (exact) mass is 381 g/mol. The highest BCUT2D eigenvalue weighted by atomic mass is 32.1. The van der Waals surface area contributed by atoms with Gasteiger partial charge in [0.2, 0.25) is 0 Å². The molecule has 0 fully saturated rings. The molecule has 1 aromatic heterocycles. The Balaban J connectivity index is 2.05. The molecule has 0 N–H and O–H groups in total. The van der Waals surface area contributed by atoms with Crippen molar-refractivity contribution in [3.05, 3.63) is 58.1 Å². The fourth-order valence-electron chi connectivity index (χ4n) is 3.26. The minimum atomic E-state index is 0.0165. The number of aryl methyl sites for hydroxylation is 4. The van der Waals surface area contributed by atoms with Crippen molar-refractivity contribution in [1.82, 2.24) is 9.88 Å². The fourth-order valence-corrected chi connectivity index (χ4v) is 4.30. The first-order chi connectivity index (χ1) is 12.8. The van der Waals surface area contributed by atoms with Crippen LogP contribution in [0, 0.1) is 27.7 Å². The Kier molecular flexibility index (Phi) is 5.63. The van der Waals surface area contributed by atoms with Crippen molar-refractivity contribution in [2.45, 2.75) is 27.7 Å². The number of hydrogen-bond acceptors (Lipinski definition) is 4. The van der Waals surface area contributed by atoms with E-state index in [4.69, 9.17) is 4.98 Å². The van der Waals surface area contributed by atoms with Crippen LogP contribution in [0.2, 0.25) is 0 Å². The zero-order chi connectivity index (χ0) is 19.7. The maximum atomic E-state index is 13.4. The van der Waals surface area contributed by atoms with Crippen LogP contribution in [0.5, 0.6) is 0 Å². The van der Waals surface area contributed by atoms with Gasteiger partial charge in [0, 0.05) is 18.7 Å². The van der Waals surface area contributed by atoms with Gasteiger partial charge in [-0.25, -0.2) is 4.98 Å². The van der Waals surface area contributed by atoms with Crippen LogP contribution in [0.15, 0.2) is 30.3 Å². The lowest BCUT2D eigenvalue weighted by molar-refractivity contribution is 0.0984. The average Bonchev–Trinajstić information content (AvgIpc) is 2.98. The first-order valence-corrected chi connectivity index (χ1v) is 9.99. The Morgan fingerprint density at radius 3 is 2.33 bits per heavy atom. The summed E-state index contributed by atoms with van der Waals surface area (Å²) in [4.78, 5) is 22.1. The number of hydrogen-bond donors (Lipinski definition) is 0. The zero-order valence-corrected chi connectivity index (χ0v) is 17.8. The highest BCUT2D eigenvalue weighted by molar-refractivity contribution is 7.22. The molecule has 5 heteroatoms. The molecular formula is C22H27N3OS. The van der Waals surface area contributed by atoms with Gasteiger partial charge < -0.3 is 4.90 Å². The number of aromatic nitrogens is 1. The van der Waals surface area contributed by atoms with E-state index in [1.165, 1.54) is 11.1 Å². The largest absolute Gasteiger partial charge is 0.308 e. The van der Waals surface area contributed by atoms with Gasteiger partial charge in [0.05, 0.1) is 10.2 Å². The molecule has 4 nitrogen and oxygen atoms in total. The molecule has 1 heterocycles. The first kappa shape index (κ1) is 19.5. The molecule has 0 spiro atoms. The molecule has 142 valence electrons. The summed E-state index contributed by atoms with van der Waals surface area (Å²) in [5.41, 5.74) is 6.28. The summed E-state index contributed by atoms with van der Waals surface area (Å²) in [5, 5.41) is 0.769. The number of nitrogens with zero attached hydrogens (tertiary/aromatic N) is 3. The van der Waals surface area contributed by atoms with Crippen molar-refractivity contribution in [2.75, 3.05) is 32.1 Å². The first-order valence-electron chi connectivity index (χ1n) is 9.18. The Bertz CT molecular complexity index is 991. The zero-order valence-electron chi connectivity index (χ0n) is 17.0. The number of benzene rings is 2. The molecule has 3 aromatic rings. The highest BCUT2D eigenvalue weighted by Crippen LogP contribution is 2.33. The van der Waals surface area contributed by atoms with Crippen molar-refractivity contribution >= 4 is 32.6 Å². The van der Waals surface area contributed by atoms with E-state index in [9.17, 15) is 4.79 Å². The normalized spacial score (nSPS) is 11.4. The lowest BCUT2D eigenvalue weighted by Crippen LogP contribution is -2.37. The molecular weight excluding hydrogens is 354 g/mol.